The minimum absolute atomic E-state index is 0.230. The lowest BCUT2D eigenvalue weighted by molar-refractivity contribution is -0.211. The van der Waals surface area contributed by atoms with E-state index >= 15 is 0 Å². The number of rotatable bonds is 4. The molecule has 0 aromatic carbocycles. The van der Waals surface area contributed by atoms with E-state index in [4.69, 9.17) is 5.11 Å². The molecule has 0 bridgehead atoms. The van der Waals surface area contributed by atoms with Crippen molar-refractivity contribution in [2.45, 2.75) is 26.1 Å². The Morgan fingerprint density at radius 3 is 2.43 bits per heavy atom. The molecule has 1 atom stereocenters. The smallest absolute Gasteiger partial charge is 0.414 e. The molecule has 14 heavy (non-hydrogen) atoms. The molecule has 0 rings (SSSR count). The SMILES string of the molecule is CC(=CC(=O)O)COC(C)C(F)(F)F. The van der Waals surface area contributed by atoms with Crippen LogP contribution < -0.4 is 0 Å². The van der Waals surface area contributed by atoms with Gasteiger partial charge in [0, 0.05) is 6.08 Å². The van der Waals surface area contributed by atoms with E-state index in [1.54, 1.807) is 0 Å². The summed E-state index contributed by atoms with van der Waals surface area (Å²) < 4.78 is 40.1. The topological polar surface area (TPSA) is 46.5 Å². The van der Waals surface area contributed by atoms with Crippen LogP contribution in [-0.4, -0.2) is 30.0 Å². The minimum atomic E-state index is -4.41. The van der Waals surface area contributed by atoms with E-state index in [0.717, 1.165) is 13.0 Å². The molecule has 1 unspecified atom stereocenters. The first-order chi connectivity index (χ1) is 6.23. The molecule has 0 radical (unpaired) electrons. The van der Waals surface area contributed by atoms with Crippen molar-refractivity contribution in [2.24, 2.45) is 0 Å². The Morgan fingerprint density at radius 1 is 1.57 bits per heavy atom. The molecule has 0 aliphatic carbocycles. The zero-order valence-corrected chi connectivity index (χ0v) is 7.76. The summed E-state index contributed by atoms with van der Waals surface area (Å²) >= 11 is 0. The molecule has 82 valence electrons. The fourth-order valence-corrected chi connectivity index (χ4v) is 0.603. The van der Waals surface area contributed by atoms with Crippen LogP contribution in [0.1, 0.15) is 13.8 Å². The summed E-state index contributed by atoms with van der Waals surface area (Å²) in [5.74, 6) is -1.20. The van der Waals surface area contributed by atoms with Crippen molar-refractivity contribution in [1.82, 2.24) is 0 Å². The van der Waals surface area contributed by atoms with Gasteiger partial charge in [0.05, 0.1) is 6.61 Å². The van der Waals surface area contributed by atoms with Crippen LogP contribution in [0.5, 0.6) is 0 Å². The molecular weight excluding hydrogens is 201 g/mol. The molecule has 3 nitrogen and oxygen atoms in total. The van der Waals surface area contributed by atoms with Crippen LogP contribution in [0, 0.1) is 0 Å². The fourth-order valence-electron chi connectivity index (χ4n) is 0.603. The van der Waals surface area contributed by atoms with Gasteiger partial charge in [-0.3, -0.25) is 0 Å². The lowest BCUT2D eigenvalue weighted by Crippen LogP contribution is -2.29. The first-order valence-electron chi connectivity index (χ1n) is 3.82. The van der Waals surface area contributed by atoms with Gasteiger partial charge in [0.1, 0.15) is 0 Å². The van der Waals surface area contributed by atoms with Crippen LogP contribution in [0.15, 0.2) is 11.6 Å². The molecule has 0 aromatic heterocycles. The van der Waals surface area contributed by atoms with E-state index in [0.29, 0.717) is 0 Å². The van der Waals surface area contributed by atoms with Crippen molar-refractivity contribution >= 4 is 5.97 Å². The number of aliphatic carboxylic acids is 1. The Labute approximate surface area is 79.2 Å². The van der Waals surface area contributed by atoms with E-state index in [9.17, 15) is 18.0 Å². The second kappa shape index (κ2) is 4.99. The third-order valence-corrected chi connectivity index (χ3v) is 1.39. The summed E-state index contributed by atoms with van der Waals surface area (Å²) in [7, 11) is 0. The number of hydrogen-bond acceptors (Lipinski definition) is 2. The maximum Gasteiger partial charge on any atom is 0.414 e. The highest BCUT2D eigenvalue weighted by Gasteiger charge is 2.36. The zero-order valence-electron chi connectivity index (χ0n) is 7.76. The Hall–Kier alpha value is -1.04. The maximum absolute atomic E-state index is 11.9. The Morgan fingerprint density at radius 2 is 2.07 bits per heavy atom. The Kier molecular flexibility index (Phi) is 4.62. The average Bonchev–Trinajstić information content (AvgIpc) is 1.96. The van der Waals surface area contributed by atoms with Crippen molar-refractivity contribution in [2.75, 3.05) is 6.61 Å². The summed E-state index contributed by atoms with van der Waals surface area (Å²) in [4.78, 5) is 10.1. The third kappa shape index (κ3) is 5.58. The van der Waals surface area contributed by atoms with Gasteiger partial charge in [0.25, 0.3) is 0 Å². The molecule has 0 aliphatic heterocycles. The number of alkyl halides is 3. The second-order valence-corrected chi connectivity index (χ2v) is 2.82. The van der Waals surface area contributed by atoms with E-state index in [1.807, 2.05) is 0 Å². The van der Waals surface area contributed by atoms with Crippen LogP contribution in [0.2, 0.25) is 0 Å². The lowest BCUT2D eigenvalue weighted by Gasteiger charge is -2.16. The van der Waals surface area contributed by atoms with Gasteiger partial charge < -0.3 is 9.84 Å². The molecule has 0 heterocycles. The predicted octanol–water partition coefficient (Wildman–Crippen LogP) is 1.98. The van der Waals surface area contributed by atoms with Gasteiger partial charge in [0.2, 0.25) is 0 Å². The van der Waals surface area contributed by atoms with E-state index in [1.165, 1.54) is 6.92 Å². The van der Waals surface area contributed by atoms with Crippen molar-refractivity contribution in [1.29, 1.82) is 0 Å². The van der Waals surface area contributed by atoms with Crippen molar-refractivity contribution in [3.63, 3.8) is 0 Å². The standard InChI is InChI=1S/C8H11F3O3/c1-5(3-7(12)13)4-14-6(2)8(9,10)11/h3,6H,4H2,1-2H3,(H,12,13). The monoisotopic (exact) mass is 212 g/mol. The summed E-state index contributed by atoms with van der Waals surface area (Å²) in [6.45, 7) is 1.91. The molecule has 0 aliphatic rings. The highest BCUT2D eigenvalue weighted by Crippen LogP contribution is 2.22. The zero-order chi connectivity index (χ0) is 11.4. The second-order valence-electron chi connectivity index (χ2n) is 2.82. The maximum atomic E-state index is 11.9. The Bertz CT molecular complexity index is 232. The van der Waals surface area contributed by atoms with Crippen LogP contribution in [0.3, 0.4) is 0 Å². The number of carbonyl (C=O) groups is 1. The van der Waals surface area contributed by atoms with Crippen molar-refractivity contribution < 1.29 is 27.8 Å². The predicted molar refractivity (Wildman–Crippen MR) is 42.9 cm³/mol. The number of carboxylic acids is 1. The van der Waals surface area contributed by atoms with Gasteiger partial charge in [-0.2, -0.15) is 13.2 Å². The van der Waals surface area contributed by atoms with E-state index < -0.39 is 18.2 Å². The number of halogens is 3. The van der Waals surface area contributed by atoms with Crippen molar-refractivity contribution in [3.05, 3.63) is 11.6 Å². The van der Waals surface area contributed by atoms with Crippen LogP contribution in [0.4, 0.5) is 13.2 Å². The van der Waals surface area contributed by atoms with Gasteiger partial charge >= 0.3 is 12.1 Å². The van der Waals surface area contributed by atoms with Crippen LogP contribution in [-0.2, 0) is 9.53 Å². The molecule has 6 heteroatoms. The van der Waals surface area contributed by atoms with Gasteiger partial charge in [-0.15, -0.1) is 0 Å². The van der Waals surface area contributed by atoms with Gasteiger partial charge in [0.15, 0.2) is 6.10 Å². The normalized spacial score (nSPS) is 15.4. The molecule has 0 saturated heterocycles. The quantitative estimate of drug-likeness (QED) is 0.725. The fraction of sp³-hybridized carbons (Fsp3) is 0.625. The summed E-state index contributed by atoms with van der Waals surface area (Å²) in [5, 5.41) is 8.25. The van der Waals surface area contributed by atoms with E-state index in [-0.39, 0.29) is 12.2 Å². The minimum Gasteiger partial charge on any atom is -0.478 e. The summed E-state index contributed by atoms with van der Waals surface area (Å²) in [6, 6.07) is 0. The molecular formula is C8H11F3O3. The van der Waals surface area contributed by atoms with Gasteiger partial charge in [-0.1, -0.05) is 0 Å². The summed E-state index contributed by atoms with van der Waals surface area (Å²) in [5.41, 5.74) is 0.230. The highest BCUT2D eigenvalue weighted by atomic mass is 19.4. The highest BCUT2D eigenvalue weighted by molar-refractivity contribution is 5.80. The Balaban J connectivity index is 4.01. The number of carboxylic acid groups (broad SMARTS) is 1. The molecule has 1 N–H and O–H groups in total. The number of ether oxygens (including phenoxy) is 1. The summed E-state index contributed by atoms with van der Waals surface area (Å²) in [6.07, 6.45) is -5.49. The molecule has 0 spiro atoms. The lowest BCUT2D eigenvalue weighted by atomic mass is 10.3. The third-order valence-electron chi connectivity index (χ3n) is 1.39. The molecule has 0 fully saturated rings. The average molecular weight is 212 g/mol. The van der Waals surface area contributed by atoms with Gasteiger partial charge in [-0.25, -0.2) is 4.79 Å². The van der Waals surface area contributed by atoms with Crippen molar-refractivity contribution in [3.8, 4) is 0 Å². The molecule has 0 aromatic rings. The molecule has 0 amide bonds. The first kappa shape index (κ1) is 13.0. The van der Waals surface area contributed by atoms with E-state index in [2.05, 4.69) is 4.74 Å². The van der Waals surface area contributed by atoms with Crippen LogP contribution in [0.25, 0.3) is 0 Å². The van der Waals surface area contributed by atoms with Crippen LogP contribution >= 0.6 is 0 Å². The van der Waals surface area contributed by atoms with Gasteiger partial charge in [-0.05, 0) is 19.4 Å². The number of hydrogen-bond donors (Lipinski definition) is 1. The largest absolute Gasteiger partial charge is 0.478 e. The first-order valence-corrected chi connectivity index (χ1v) is 3.82. The molecule has 0 saturated carbocycles.